The van der Waals surface area contributed by atoms with Gasteiger partial charge in [-0.25, -0.2) is 4.79 Å². The van der Waals surface area contributed by atoms with E-state index in [1.807, 2.05) is 0 Å². The van der Waals surface area contributed by atoms with Crippen molar-refractivity contribution in [2.45, 2.75) is 6.61 Å². The topological polar surface area (TPSA) is 52.6 Å². The number of hydrogen-bond donors (Lipinski definition) is 0. The summed E-state index contributed by atoms with van der Waals surface area (Å²) in [4.78, 5) is 23.6. The third-order valence-electron chi connectivity index (χ3n) is 2.73. The van der Waals surface area contributed by atoms with Crippen LogP contribution in [0, 0.1) is 0 Å². The van der Waals surface area contributed by atoms with Crippen LogP contribution in [0.5, 0.6) is 5.75 Å². The summed E-state index contributed by atoms with van der Waals surface area (Å²) in [5.41, 5.74) is 0.448. The van der Waals surface area contributed by atoms with E-state index in [2.05, 4.69) is 4.74 Å². The number of halogens is 2. The minimum absolute atomic E-state index is 0.0269. The molecule has 0 aliphatic rings. The number of Topliss-reactive ketones (excluding diaryl/α,β-unsaturated/α-hetero) is 1. The van der Waals surface area contributed by atoms with Crippen LogP contribution in [-0.4, -0.2) is 25.0 Å². The highest BCUT2D eigenvalue weighted by Crippen LogP contribution is 2.16. The van der Waals surface area contributed by atoms with Crippen LogP contribution in [0.2, 0.25) is 0 Å². The summed E-state index contributed by atoms with van der Waals surface area (Å²) < 4.78 is 33.3. The van der Waals surface area contributed by atoms with Crippen LogP contribution in [0.4, 0.5) is 8.78 Å². The molecule has 0 saturated carbocycles. The third-order valence-corrected chi connectivity index (χ3v) is 2.73. The van der Waals surface area contributed by atoms with E-state index in [1.54, 1.807) is 30.3 Å². The number of rotatable bonds is 6. The zero-order chi connectivity index (χ0) is 15.9. The van der Waals surface area contributed by atoms with Gasteiger partial charge in [-0.1, -0.05) is 36.4 Å². The minimum atomic E-state index is -2.98. The van der Waals surface area contributed by atoms with E-state index >= 15 is 0 Å². The third kappa shape index (κ3) is 4.37. The van der Waals surface area contributed by atoms with Gasteiger partial charge in [-0.3, -0.25) is 4.79 Å². The van der Waals surface area contributed by atoms with E-state index in [0.717, 1.165) is 6.07 Å². The maximum Gasteiger partial charge on any atom is 0.387 e. The molecule has 0 fully saturated rings. The maximum atomic E-state index is 12.1. The number of alkyl halides is 2. The Hall–Kier alpha value is -2.76. The molecule has 0 saturated heterocycles. The highest BCUT2D eigenvalue weighted by atomic mass is 19.3. The molecule has 0 bridgehead atoms. The molecule has 0 N–H and O–H groups in total. The van der Waals surface area contributed by atoms with Gasteiger partial charge in [0.25, 0.3) is 0 Å². The fourth-order valence-corrected chi connectivity index (χ4v) is 1.72. The smallest absolute Gasteiger partial charge is 0.387 e. The summed E-state index contributed by atoms with van der Waals surface area (Å²) in [6.45, 7) is -3.41. The van der Waals surface area contributed by atoms with E-state index in [-0.39, 0.29) is 17.1 Å². The highest BCUT2D eigenvalue weighted by molar-refractivity contribution is 5.99. The summed E-state index contributed by atoms with van der Waals surface area (Å²) in [5.74, 6) is -1.29. The Morgan fingerprint density at radius 3 is 2.32 bits per heavy atom. The molecular formula is C16H12F2O4. The van der Waals surface area contributed by atoms with Gasteiger partial charge >= 0.3 is 12.6 Å². The lowest BCUT2D eigenvalue weighted by atomic mass is 10.1. The molecule has 0 aliphatic carbocycles. The number of carbonyl (C=O) groups is 2. The van der Waals surface area contributed by atoms with E-state index in [1.165, 1.54) is 18.2 Å². The molecule has 2 aromatic carbocycles. The number of hydrogen-bond acceptors (Lipinski definition) is 4. The van der Waals surface area contributed by atoms with E-state index in [9.17, 15) is 18.4 Å². The van der Waals surface area contributed by atoms with Crippen molar-refractivity contribution in [3.8, 4) is 5.75 Å². The second-order valence-corrected chi connectivity index (χ2v) is 4.27. The highest BCUT2D eigenvalue weighted by Gasteiger charge is 2.13. The molecule has 22 heavy (non-hydrogen) atoms. The summed E-state index contributed by atoms with van der Waals surface area (Å²) in [6, 6.07) is 13.5. The molecular weight excluding hydrogens is 294 g/mol. The van der Waals surface area contributed by atoms with E-state index in [4.69, 9.17) is 4.74 Å². The molecule has 0 aromatic heterocycles. The first-order valence-corrected chi connectivity index (χ1v) is 6.36. The molecule has 0 amide bonds. The number of carbonyl (C=O) groups excluding carboxylic acids is 2. The second-order valence-electron chi connectivity index (χ2n) is 4.27. The van der Waals surface area contributed by atoms with Crippen LogP contribution in [0.15, 0.2) is 54.6 Å². The van der Waals surface area contributed by atoms with Gasteiger partial charge in [0.2, 0.25) is 0 Å². The summed E-state index contributed by atoms with van der Waals surface area (Å²) in [6.07, 6.45) is 0. The monoisotopic (exact) mass is 306 g/mol. The van der Waals surface area contributed by atoms with Crippen molar-refractivity contribution in [2.24, 2.45) is 0 Å². The first kappa shape index (κ1) is 15.6. The largest absolute Gasteiger partial charge is 0.454 e. The molecule has 114 valence electrons. The number of ether oxygens (including phenoxy) is 2. The van der Waals surface area contributed by atoms with Crippen LogP contribution in [0.1, 0.15) is 20.7 Å². The van der Waals surface area contributed by atoms with Gasteiger partial charge in [-0.05, 0) is 18.2 Å². The zero-order valence-electron chi connectivity index (χ0n) is 11.4. The first-order valence-electron chi connectivity index (χ1n) is 6.36. The number of ketones is 1. The summed E-state index contributed by atoms with van der Waals surface area (Å²) in [7, 11) is 0. The number of esters is 1. The SMILES string of the molecule is O=C(COC(=O)c1cccc(OC(F)F)c1)c1ccccc1. The molecule has 6 heteroatoms. The Labute approximate surface area is 125 Å². The Balaban J connectivity index is 1.96. The van der Waals surface area contributed by atoms with Crippen molar-refractivity contribution >= 4 is 11.8 Å². The van der Waals surface area contributed by atoms with Gasteiger partial charge in [-0.2, -0.15) is 8.78 Å². The molecule has 0 radical (unpaired) electrons. The standard InChI is InChI=1S/C16H12F2O4/c17-16(18)22-13-8-4-7-12(9-13)15(20)21-10-14(19)11-5-2-1-3-6-11/h1-9,16H,10H2. The van der Waals surface area contributed by atoms with Crippen molar-refractivity contribution in [3.05, 3.63) is 65.7 Å². The molecule has 0 spiro atoms. The van der Waals surface area contributed by atoms with Gasteiger partial charge in [0, 0.05) is 5.56 Å². The number of benzene rings is 2. The molecule has 2 aromatic rings. The zero-order valence-corrected chi connectivity index (χ0v) is 11.4. The molecule has 0 unspecified atom stereocenters. The molecule has 0 heterocycles. The van der Waals surface area contributed by atoms with Crippen molar-refractivity contribution < 1.29 is 27.8 Å². The van der Waals surface area contributed by atoms with Crippen molar-refractivity contribution in [1.29, 1.82) is 0 Å². The Morgan fingerprint density at radius 2 is 1.64 bits per heavy atom. The van der Waals surface area contributed by atoms with E-state index in [0.29, 0.717) is 5.56 Å². The predicted molar refractivity (Wildman–Crippen MR) is 74.1 cm³/mol. The lowest BCUT2D eigenvalue weighted by molar-refractivity contribution is -0.0499. The fourth-order valence-electron chi connectivity index (χ4n) is 1.72. The van der Waals surface area contributed by atoms with Crippen LogP contribution < -0.4 is 4.74 Å². The summed E-state index contributed by atoms with van der Waals surface area (Å²) >= 11 is 0. The molecule has 4 nitrogen and oxygen atoms in total. The normalized spacial score (nSPS) is 10.3. The van der Waals surface area contributed by atoms with Crippen LogP contribution in [-0.2, 0) is 4.74 Å². The average Bonchev–Trinajstić information content (AvgIpc) is 2.52. The second kappa shape index (κ2) is 7.31. The molecule has 0 aliphatic heterocycles. The molecule has 0 atom stereocenters. The lowest BCUT2D eigenvalue weighted by Crippen LogP contribution is -2.14. The summed E-state index contributed by atoms with van der Waals surface area (Å²) in [5, 5.41) is 0. The predicted octanol–water partition coefficient (Wildman–Crippen LogP) is 3.33. The van der Waals surface area contributed by atoms with Crippen LogP contribution in [0.3, 0.4) is 0 Å². The Morgan fingerprint density at radius 1 is 0.955 bits per heavy atom. The van der Waals surface area contributed by atoms with Gasteiger partial charge in [0.1, 0.15) is 5.75 Å². The van der Waals surface area contributed by atoms with E-state index < -0.39 is 19.2 Å². The van der Waals surface area contributed by atoms with Crippen LogP contribution in [0.25, 0.3) is 0 Å². The van der Waals surface area contributed by atoms with Gasteiger partial charge in [-0.15, -0.1) is 0 Å². The Bertz CT molecular complexity index is 656. The minimum Gasteiger partial charge on any atom is -0.454 e. The van der Waals surface area contributed by atoms with Crippen LogP contribution >= 0.6 is 0 Å². The fraction of sp³-hybridized carbons (Fsp3) is 0.125. The lowest BCUT2D eigenvalue weighted by Gasteiger charge is -2.07. The van der Waals surface area contributed by atoms with Gasteiger partial charge < -0.3 is 9.47 Å². The maximum absolute atomic E-state index is 12.1. The first-order chi connectivity index (χ1) is 10.6. The van der Waals surface area contributed by atoms with Gasteiger partial charge in [0.15, 0.2) is 12.4 Å². The average molecular weight is 306 g/mol. The van der Waals surface area contributed by atoms with Crippen molar-refractivity contribution in [3.63, 3.8) is 0 Å². The van der Waals surface area contributed by atoms with Gasteiger partial charge in [0.05, 0.1) is 5.56 Å². The Kier molecular flexibility index (Phi) is 5.19. The van der Waals surface area contributed by atoms with Crippen molar-refractivity contribution in [1.82, 2.24) is 0 Å². The molecule has 2 rings (SSSR count). The quantitative estimate of drug-likeness (QED) is 0.607. The van der Waals surface area contributed by atoms with Crippen molar-refractivity contribution in [2.75, 3.05) is 6.61 Å².